The van der Waals surface area contributed by atoms with E-state index in [4.69, 9.17) is 11.6 Å². The van der Waals surface area contributed by atoms with Crippen LogP contribution in [0.3, 0.4) is 0 Å². The van der Waals surface area contributed by atoms with Crippen LogP contribution in [0, 0.1) is 6.92 Å². The lowest BCUT2D eigenvalue weighted by Crippen LogP contribution is -2.50. The summed E-state index contributed by atoms with van der Waals surface area (Å²) >= 11 is 5.96. The third kappa shape index (κ3) is 3.08. The molecule has 1 aromatic heterocycles. The first-order valence-corrected chi connectivity index (χ1v) is 9.47. The number of phenols is 1. The van der Waals surface area contributed by atoms with Crippen LogP contribution >= 0.6 is 11.6 Å². The molecule has 1 aromatic carbocycles. The Balaban J connectivity index is 1.72. The van der Waals surface area contributed by atoms with Crippen LogP contribution in [0.5, 0.6) is 5.75 Å². The SMILES string of the molecule is Cc1c(-c2ccc(Cl)cc2O)nnc2c1NCCN2[C@@H]1CCCN(C)C1. The molecular formula is C19H24ClN5O. The Morgan fingerprint density at radius 3 is 2.88 bits per heavy atom. The molecule has 1 atom stereocenters. The Morgan fingerprint density at radius 1 is 1.27 bits per heavy atom. The number of nitrogens with one attached hydrogen (secondary N) is 1. The molecule has 3 heterocycles. The van der Waals surface area contributed by atoms with E-state index < -0.39 is 0 Å². The molecule has 7 heteroatoms. The van der Waals surface area contributed by atoms with Gasteiger partial charge in [0.1, 0.15) is 11.4 Å². The topological polar surface area (TPSA) is 64.5 Å². The number of hydrogen-bond acceptors (Lipinski definition) is 6. The van der Waals surface area contributed by atoms with Crippen LogP contribution in [0.2, 0.25) is 5.02 Å². The lowest BCUT2D eigenvalue weighted by molar-refractivity contribution is 0.244. The minimum atomic E-state index is 0.122. The quantitative estimate of drug-likeness (QED) is 0.843. The second-order valence-corrected chi connectivity index (χ2v) is 7.65. The van der Waals surface area contributed by atoms with Gasteiger partial charge >= 0.3 is 0 Å². The maximum Gasteiger partial charge on any atom is 0.175 e. The van der Waals surface area contributed by atoms with Gasteiger partial charge in [-0.25, -0.2) is 0 Å². The predicted molar refractivity (Wildman–Crippen MR) is 105 cm³/mol. The molecule has 0 bridgehead atoms. The Labute approximate surface area is 158 Å². The van der Waals surface area contributed by atoms with Crippen LogP contribution < -0.4 is 10.2 Å². The van der Waals surface area contributed by atoms with Gasteiger partial charge in [0.2, 0.25) is 0 Å². The van der Waals surface area contributed by atoms with Gasteiger partial charge in [0.15, 0.2) is 5.82 Å². The summed E-state index contributed by atoms with van der Waals surface area (Å²) in [6, 6.07) is 5.56. The third-order valence-electron chi connectivity index (χ3n) is 5.38. The minimum Gasteiger partial charge on any atom is -0.507 e. The van der Waals surface area contributed by atoms with E-state index >= 15 is 0 Å². The van der Waals surface area contributed by atoms with Crippen molar-refractivity contribution in [1.82, 2.24) is 15.1 Å². The first-order valence-electron chi connectivity index (χ1n) is 9.10. The number of benzene rings is 1. The number of aromatic hydroxyl groups is 1. The number of anilines is 2. The van der Waals surface area contributed by atoms with Gasteiger partial charge in [0, 0.05) is 41.8 Å². The van der Waals surface area contributed by atoms with E-state index in [1.54, 1.807) is 12.1 Å². The Kier molecular flexibility index (Phi) is 4.63. The Hall–Kier alpha value is -2.05. The summed E-state index contributed by atoms with van der Waals surface area (Å²) in [4.78, 5) is 4.78. The van der Waals surface area contributed by atoms with Crippen LogP contribution in [0.4, 0.5) is 11.5 Å². The van der Waals surface area contributed by atoms with Crippen molar-refractivity contribution in [2.75, 3.05) is 43.4 Å². The van der Waals surface area contributed by atoms with E-state index in [9.17, 15) is 5.11 Å². The highest BCUT2D eigenvalue weighted by Gasteiger charge is 2.30. The summed E-state index contributed by atoms with van der Waals surface area (Å²) in [5, 5.41) is 23.3. The lowest BCUT2D eigenvalue weighted by Gasteiger charge is -2.41. The van der Waals surface area contributed by atoms with Crippen molar-refractivity contribution < 1.29 is 5.11 Å². The van der Waals surface area contributed by atoms with Gasteiger partial charge in [-0.05, 0) is 51.6 Å². The summed E-state index contributed by atoms with van der Waals surface area (Å²) < 4.78 is 0. The van der Waals surface area contributed by atoms with Gasteiger partial charge in [-0.2, -0.15) is 0 Å². The molecule has 4 rings (SSSR count). The number of hydrogen-bond donors (Lipinski definition) is 2. The number of nitrogens with zero attached hydrogens (tertiary/aromatic N) is 4. The maximum absolute atomic E-state index is 10.3. The maximum atomic E-state index is 10.3. The number of likely N-dealkylation sites (tertiary alicyclic amines) is 1. The molecule has 0 aliphatic carbocycles. The van der Waals surface area contributed by atoms with E-state index in [2.05, 4.69) is 32.4 Å². The average molecular weight is 374 g/mol. The van der Waals surface area contributed by atoms with Crippen LogP contribution in [-0.2, 0) is 0 Å². The monoisotopic (exact) mass is 373 g/mol. The molecule has 1 fully saturated rings. The van der Waals surface area contributed by atoms with Crippen LogP contribution in [-0.4, -0.2) is 59.5 Å². The van der Waals surface area contributed by atoms with Crippen molar-refractivity contribution in [3.8, 4) is 17.0 Å². The molecule has 6 nitrogen and oxygen atoms in total. The number of piperidine rings is 1. The third-order valence-corrected chi connectivity index (χ3v) is 5.62. The molecule has 2 aliphatic heterocycles. The molecule has 0 saturated carbocycles. The summed E-state index contributed by atoms with van der Waals surface area (Å²) in [5.41, 5.74) is 3.36. The molecule has 2 aromatic rings. The number of likely N-dealkylation sites (N-methyl/N-ethyl adjacent to an activating group) is 1. The summed E-state index contributed by atoms with van der Waals surface area (Å²) in [6.45, 7) is 6.06. The molecule has 0 unspecified atom stereocenters. The van der Waals surface area contributed by atoms with Gasteiger partial charge < -0.3 is 20.2 Å². The predicted octanol–water partition coefficient (Wildman–Crippen LogP) is 3.14. The zero-order valence-electron chi connectivity index (χ0n) is 15.2. The molecule has 2 N–H and O–H groups in total. The largest absolute Gasteiger partial charge is 0.507 e. The number of halogens is 1. The summed E-state index contributed by atoms with van der Waals surface area (Å²) in [5.74, 6) is 1.04. The first-order chi connectivity index (χ1) is 12.5. The number of fused-ring (bicyclic) bond motifs is 1. The molecule has 26 heavy (non-hydrogen) atoms. The first kappa shape index (κ1) is 17.4. The Morgan fingerprint density at radius 2 is 2.12 bits per heavy atom. The van der Waals surface area contributed by atoms with Gasteiger partial charge in [0.05, 0.1) is 5.69 Å². The molecule has 1 saturated heterocycles. The zero-order chi connectivity index (χ0) is 18.3. The van der Waals surface area contributed by atoms with Crippen LogP contribution in [0.15, 0.2) is 18.2 Å². The number of rotatable bonds is 2. The van der Waals surface area contributed by atoms with Crippen LogP contribution in [0.1, 0.15) is 18.4 Å². The van der Waals surface area contributed by atoms with Crippen molar-refractivity contribution >= 4 is 23.1 Å². The van der Waals surface area contributed by atoms with Gasteiger partial charge in [-0.1, -0.05) is 11.6 Å². The smallest absolute Gasteiger partial charge is 0.175 e. The highest BCUT2D eigenvalue weighted by molar-refractivity contribution is 6.30. The normalized spacial score (nSPS) is 20.6. The van der Waals surface area contributed by atoms with Crippen molar-refractivity contribution in [1.29, 1.82) is 0 Å². The second kappa shape index (κ2) is 6.93. The molecule has 0 amide bonds. The van der Waals surface area contributed by atoms with Crippen molar-refractivity contribution in [2.24, 2.45) is 0 Å². The molecule has 0 spiro atoms. The van der Waals surface area contributed by atoms with Crippen molar-refractivity contribution in [3.63, 3.8) is 0 Å². The van der Waals surface area contributed by atoms with E-state index in [0.717, 1.165) is 43.2 Å². The fraction of sp³-hybridized carbons (Fsp3) is 0.474. The fourth-order valence-corrected chi connectivity index (χ4v) is 4.20. The van der Waals surface area contributed by atoms with Crippen molar-refractivity contribution in [2.45, 2.75) is 25.8 Å². The molecule has 0 radical (unpaired) electrons. The van der Waals surface area contributed by atoms with E-state index in [0.29, 0.717) is 22.3 Å². The Bertz CT molecular complexity index is 828. The molecular weight excluding hydrogens is 350 g/mol. The van der Waals surface area contributed by atoms with E-state index in [1.165, 1.54) is 18.9 Å². The average Bonchev–Trinajstić information content (AvgIpc) is 2.62. The van der Waals surface area contributed by atoms with Crippen LogP contribution in [0.25, 0.3) is 11.3 Å². The summed E-state index contributed by atoms with van der Waals surface area (Å²) in [7, 11) is 2.18. The molecule has 2 aliphatic rings. The standard InChI is InChI=1S/C19H24ClN5O/c1-12-17(15-6-5-13(20)10-16(15)26)22-23-19-18(12)21-7-9-25(19)14-4-3-8-24(2)11-14/h5-6,10,14,21,26H,3-4,7-9,11H2,1-2H3/t14-/m1/s1. The number of aromatic nitrogens is 2. The highest BCUT2D eigenvalue weighted by atomic mass is 35.5. The van der Waals surface area contributed by atoms with E-state index in [1.807, 2.05) is 6.92 Å². The van der Waals surface area contributed by atoms with Gasteiger partial charge in [-0.3, -0.25) is 0 Å². The van der Waals surface area contributed by atoms with E-state index in [-0.39, 0.29) is 5.75 Å². The van der Waals surface area contributed by atoms with Gasteiger partial charge in [0.25, 0.3) is 0 Å². The second-order valence-electron chi connectivity index (χ2n) is 7.21. The molecule has 138 valence electrons. The lowest BCUT2D eigenvalue weighted by atomic mass is 10.0. The highest BCUT2D eigenvalue weighted by Crippen LogP contribution is 2.39. The van der Waals surface area contributed by atoms with Crippen molar-refractivity contribution in [3.05, 3.63) is 28.8 Å². The zero-order valence-corrected chi connectivity index (χ0v) is 15.9. The summed E-state index contributed by atoms with van der Waals surface area (Å²) in [6.07, 6.45) is 2.40. The minimum absolute atomic E-state index is 0.122. The van der Waals surface area contributed by atoms with Gasteiger partial charge in [-0.15, -0.1) is 10.2 Å². The number of phenolic OH excluding ortho intramolecular Hbond substituents is 1. The fourth-order valence-electron chi connectivity index (χ4n) is 4.04.